The lowest BCUT2D eigenvalue weighted by molar-refractivity contribution is 0.0234. The number of methoxy groups -OCH3 is 1. The second kappa shape index (κ2) is 8.03. The average molecular weight is 244 g/mol. The second-order valence-corrected chi connectivity index (χ2v) is 5.57. The number of morpholine rings is 1. The molecule has 2 N–H and O–H groups in total. The van der Waals surface area contributed by atoms with Crippen LogP contribution in [0, 0.1) is 5.41 Å². The molecule has 0 aromatic heterocycles. The Bertz CT molecular complexity index is 192. The first-order valence-electron chi connectivity index (χ1n) is 6.66. The fourth-order valence-electron chi connectivity index (χ4n) is 1.96. The third-order valence-electron chi connectivity index (χ3n) is 3.23. The van der Waals surface area contributed by atoms with E-state index in [0.29, 0.717) is 11.5 Å². The number of nitrogens with one attached hydrogen (secondary N) is 2. The van der Waals surface area contributed by atoms with Crippen LogP contribution < -0.4 is 10.6 Å². The predicted octanol–water partition coefficient (Wildman–Crippen LogP) is 1.02. The minimum absolute atomic E-state index is 0.307. The van der Waals surface area contributed by atoms with Gasteiger partial charge in [0.1, 0.15) is 0 Å². The largest absolute Gasteiger partial charge is 0.385 e. The van der Waals surface area contributed by atoms with Crippen molar-refractivity contribution < 1.29 is 9.47 Å². The van der Waals surface area contributed by atoms with E-state index in [4.69, 9.17) is 9.47 Å². The van der Waals surface area contributed by atoms with Gasteiger partial charge in [-0.15, -0.1) is 0 Å². The third kappa shape index (κ3) is 6.99. The summed E-state index contributed by atoms with van der Waals surface area (Å²) in [7, 11) is 1.76. The van der Waals surface area contributed by atoms with Crippen LogP contribution in [0.15, 0.2) is 0 Å². The lowest BCUT2D eigenvalue weighted by Gasteiger charge is -2.26. The van der Waals surface area contributed by atoms with E-state index in [-0.39, 0.29) is 0 Å². The van der Waals surface area contributed by atoms with Crippen molar-refractivity contribution in [2.45, 2.75) is 32.8 Å². The summed E-state index contributed by atoms with van der Waals surface area (Å²) in [5, 5.41) is 6.87. The summed E-state index contributed by atoms with van der Waals surface area (Å²) < 4.78 is 10.8. The molecule has 17 heavy (non-hydrogen) atoms. The van der Waals surface area contributed by atoms with Crippen molar-refractivity contribution in [1.82, 2.24) is 10.6 Å². The Balaban J connectivity index is 2.02. The van der Waals surface area contributed by atoms with Crippen molar-refractivity contribution in [3.63, 3.8) is 0 Å². The van der Waals surface area contributed by atoms with Gasteiger partial charge in [0, 0.05) is 33.4 Å². The van der Waals surface area contributed by atoms with Gasteiger partial charge in [-0.1, -0.05) is 13.8 Å². The second-order valence-electron chi connectivity index (χ2n) is 5.57. The van der Waals surface area contributed by atoms with Crippen LogP contribution in [0.3, 0.4) is 0 Å². The summed E-state index contributed by atoms with van der Waals surface area (Å²) in [4.78, 5) is 0. The summed E-state index contributed by atoms with van der Waals surface area (Å²) in [6.45, 7) is 10.3. The van der Waals surface area contributed by atoms with Crippen molar-refractivity contribution in [3.8, 4) is 0 Å². The molecule has 1 aliphatic rings. The summed E-state index contributed by atoms with van der Waals surface area (Å²) in [5.74, 6) is 0. The van der Waals surface area contributed by atoms with Crippen LogP contribution in [0.2, 0.25) is 0 Å². The minimum Gasteiger partial charge on any atom is -0.385 e. The molecule has 1 rings (SSSR count). The van der Waals surface area contributed by atoms with E-state index in [1.807, 2.05) is 0 Å². The van der Waals surface area contributed by atoms with Gasteiger partial charge in [-0.3, -0.25) is 0 Å². The van der Waals surface area contributed by atoms with E-state index in [1.54, 1.807) is 7.11 Å². The number of hydrogen-bond acceptors (Lipinski definition) is 4. The van der Waals surface area contributed by atoms with Crippen molar-refractivity contribution >= 4 is 0 Å². The Morgan fingerprint density at radius 3 is 2.94 bits per heavy atom. The molecule has 102 valence electrons. The van der Waals surface area contributed by atoms with E-state index in [2.05, 4.69) is 24.5 Å². The maximum absolute atomic E-state index is 5.65. The normalized spacial score (nSPS) is 21.7. The van der Waals surface area contributed by atoms with E-state index >= 15 is 0 Å². The molecule has 1 unspecified atom stereocenters. The topological polar surface area (TPSA) is 42.5 Å². The van der Waals surface area contributed by atoms with E-state index < -0.39 is 0 Å². The lowest BCUT2D eigenvalue weighted by atomic mass is 9.90. The fraction of sp³-hybridized carbons (Fsp3) is 1.00. The van der Waals surface area contributed by atoms with Gasteiger partial charge in [0.05, 0.1) is 12.7 Å². The van der Waals surface area contributed by atoms with Gasteiger partial charge < -0.3 is 20.1 Å². The Hall–Kier alpha value is -0.160. The first-order valence-corrected chi connectivity index (χ1v) is 6.66. The molecule has 1 aliphatic heterocycles. The highest BCUT2D eigenvalue weighted by Gasteiger charge is 2.17. The molecule has 0 aliphatic carbocycles. The monoisotopic (exact) mass is 244 g/mol. The van der Waals surface area contributed by atoms with Crippen molar-refractivity contribution in [2.75, 3.05) is 46.5 Å². The quantitative estimate of drug-likeness (QED) is 0.626. The Kier molecular flexibility index (Phi) is 7.04. The summed E-state index contributed by atoms with van der Waals surface area (Å²) >= 11 is 0. The summed E-state index contributed by atoms with van der Waals surface area (Å²) in [6.07, 6.45) is 2.57. The third-order valence-corrected chi connectivity index (χ3v) is 3.23. The molecular formula is C13H28N2O2. The smallest absolute Gasteiger partial charge is 0.0712 e. The SMILES string of the molecule is COCCC(C)(C)CNCCC1CNCCO1. The molecule has 0 aromatic carbocycles. The van der Waals surface area contributed by atoms with Crippen LogP contribution in [0.25, 0.3) is 0 Å². The van der Waals surface area contributed by atoms with Crippen LogP contribution in [0.5, 0.6) is 0 Å². The van der Waals surface area contributed by atoms with Gasteiger partial charge in [0.15, 0.2) is 0 Å². The molecule has 1 atom stereocenters. The van der Waals surface area contributed by atoms with Gasteiger partial charge >= 0.3 is 0 Å². The van der Waals surface area contributed by atoms with Crippen molar-refractivity contribution in [1.29, 1.82) is 0 Å². The van der Waals surface area contributed by atoms with Crippen LogP contribution in [0.1, 0.15) is 26.7 Å². The van der Waals surface area contributed by atoms with E-state index in [9.17, 15) is 0 Å². The molecule has 4 heteroatoms. The van der Waals surface area contributed by atoms with Gasteiger partial charge in [0.25, 0.3) is 0 Å². The highest BCUT2D eigenvalue weighted by atomic mass is 16.5. The van der Waals surface area contributed by atoms with Gasteiger partial charge in [-0.2, -0.15) is 0 Å². The molecule has 0 saturated carbocycles. The Morgan fingerprint density at radius 1 is 1.47 bits per heavy atom. The van der Waals surface area contributed by atoms with Crippen molar-refractivity contribution in [3.05, 3.63) is 0 Å². The standard InChI is InChI=1S/C13H28N2O2/c1-13(2,5-8-16-3)11-15-6-4-12-10-14-7-9-17-12/h12,14-15H,4-11H2,1-3H3. The average Bonchev–Trinajstić information content (AvgIpc) is 2.34. The zero-order valence-corrected chi connectivity index (χ0v) is 11.6. The molecule has 1 saturated heterocycles. The maximum Gasteiger partial charge on any atom is 0.0712 e. The molecule has 0 spiro atoms. The minimum atomic E-state index is 0.307. The number of rotatable bonds is 8. The van der Waals surface area contributed by atoms with Crippen LogP contribution in [-0.4, -0.2) is 52.6 Å². The Morgan fingerprint density at radius 2 is 2.29 bits per heavy atom. The van der Waals surface area contributed by atoms with Gasteiger partial charge in [0.2, 0.25) is 0 Å². The lowest BCUT2D eigenvalue weighted by Crippen LogP contribution is -2.40. The zero-order chi connectivity index (χ0) is 12.6. The van der Waals surface area contributed by atoms with Crippen LogP contribution in [0.4, 0.5) is 0 Å². The Labute approximate surface area is 105 Å². The maximum atomic E-state index is 5.65. The molecular weight excluding hydrogens is 216 g/mol. The predicted molar refractivity (Wildman–Crippen MR) is 70.4 cm³/mol. The summed E-state index contributed by atoms with van der Waals surface area (Å²) in [5.41, 5.74) is 0.307. The van der Waals surface area contributed by atoms with E-state index in [0.717, 1.165) is 52.2 Å². The highest BCUT2D eigenvalue weighted by molar-refractivity contribution is 4.73. The first-order chi connectivity index (χ1) is 8.14. The molecule has 1 heterocycles. The van der Waals surface area contributed by atoms with Crippen LogP contribution >= 0.6 is 0 Å². The van der Waals surface area contributed by atoms with Gasteiger partial charge in [-0.05, 0) is 24.8 Å². The first kappa shape index (κ1) is 14.9. The number of hydrogen-bond donors (Lipinski definition) is 2. The molecule has 0 amide bonds. The number of ether oxygens (including phenoxy) is 2. The molecule has 0 aromatic rings. The molecule has 4 nitrogen and oxygen atoms in total. The highest BCUT2D eigenvalue weighted by Crippen LogP contribution is 2.18. The molecule has 0 radical (unpaired) electrons. The summed E-state index contributed by atoms with van der Waals surface area (Å²) in [6, 6.07) is 0. The van der Waals surface area contributed by atoms with E-state index in [1.165, 1.54) is 0 Å². The van der Waals surface area contributed by atoms with Gasteiger partial charge in [-0.25, -0.2) is 0 Å². The fourth-order valence-corrected chi connectivity index (χ4v) is 1.96. The van der Waals surface area contributed by atoms with Crippen LogP contribution in [-0.2, 0) is 9.47 Å². The molecule has 0 bridgehead atoms. The zero-order valence-electron chi connectivity index (χ0n) is 11.6. The molecule has 1 fully saturated rings. The van der Waals surface area contributed by atoms with Crippen molar-refractivity contribution in [2.24, 2.45) is 5.41 Å².